The summed E-state index contributed by atoms with van der Waals surface area (Å²) in [5.74, 6) is -0.483. The number of nitrogens with one attached hydrogen (secondary N) is 2. The van der Waals surface area contributed by atoms with E-state index in [4.69, 9.17) is 9.84 Å². The predicted octanol–water partition coefficient (Wildman–Crippen LogP) is 2.77. The van der Waals surface area contributed by atoms with Gasteiger partial charge in [-0.2, -0.15) is 5.10 Å². The Morgan fingerprint density at radius 1 is 1.35 bits per heavy atom. The van der Waals surface area contributed by atoms with E-state index in [2.05, 4.69) is 31.4 Å². The summed E-state index contributed by atoms with van der Waals surface area (Å²) in [7, 11) is 0. The molecule has 8 heteroatoms. The molecule has 0 atom stereocenters. The number of benzene rings is 1. The van der Waals surface area contributed by atoms with Gasteiger partial charge in [-0.15, -0.1) is 0 Å². The Kier molecular flexibility index (Phi) is 4.33. The number of ether oxygens (including phenoxy) is 1. The molecule has 2 aromatic rings. The van der Waals surface area contributed by atoms with Crippen molar-refractivity contribution >= 4 is 33.5 Å². The first-order valence-corrected chi connectivity index (χ1v) is 7.83. The Labute approximate surface area is 140 Å². The molecule has 1 fully saturated rings. The molecule has 1 aromatic heterocycles. The molecular weight excluding hydrogens is 366 g/mol. The van der Waals surface area contributed by atoms with Crippen LogP contribution in [0.2, 0.25) is 0 Å². The van der Waals surface area contributed by atoms with Crippen LogP contribution in [0.4, 0.5) is 5.69 Å². The largest absolute Gasteiger partial charge is 0.482 e. The molecule has 1 heterocycles. The van der Waals surface area contributed by atoms with E-state index in [-0.39, 0.29) is 5.91 Å². The lowest BCUT2D eigenvalue weighted by atomic mass is 10.2. The van der Waals surface area contributed by atoms with Gasteiger partial charge in [0.1, 0.15) is 5.75 Å². The first-order chi connectivity index (χ1) is 11.0. The van der Waals surface area contributed by atoms with Crippen LogP contribution < -0.4 is 10.1 Å². The summed E-state index contributed by atoms with van der Waals surface area (Å²) in [5.41, 5.74) is 1.85. The van der Waals surface area contributed by atoms with Crippen molar-refractivity contribution in [3.63, 3.8) is 0 Å². The smallest absolute Gasteiger partial charge is 0.341 e. The molecule has 0 spiro atoms. The van der Waals surface area contributed by atoms with Gasteiger partial charge in [0.2, 0.25) is 0 Å². The summed E-state index contributed by atoms with van der Waals surface area (Å²) < 4.78 is 5.74. The molecule has 1 saturated carbocycles. The minimum Gasteiger partial charge on any atom is -0.482 e. The van der Waals surface area contributed by atoms with Gasteiger partial charge < -0.3 is 15.2 Å². The maximum absolute atomic E-state index is 12.3. The van der Waals surface area contributed by atoms with Crippen LogP contribution >= 0.6 is 15.9 Å². The molecule has 0 unspecified atom stereocenters. The Hall–Kier alpha value is -2.35. The number of hydrogen-bond acceptors (Lipinski definition) is 4. The number of carbonyl (C=O) groups is 2. The number of carboxylic acid groups (broad SMARTS) is 1. The van der Waals surface area contributed by atoms with Gasteiger partial charge in [0, 0.05) is 11.6 Å². The number of hydrogen-bond donors (Lipinski definition) is 3. The molecule has 1 aliphatic rings. The summed E-state index contributed by atoms with van der Waals surface area (Å²) in [6.45, 7) is -0.407. The van der Waals surface area contributed by atoms with Crippen LogP contribution in [-0.2, 0) is 4.79 Å². The molecule has 3 rings (SSSR count). The number of amides is 1. The van der Waals surface area contributed by atoms with Gasteiger partial charge in [0.15, 0.2) is 12.3 Å². The molecule has 120 valence electrons. The van der Waals surface area contributed by atoms with E-state index < -0.39 is 12.6 Å². The van der Waals surface area contributed by atoms with Gasteiger partial charge in [0.05, 0.1) is 10.2 Å². The number of carboxylic acids is 1. The molecular formula is C15H14BrN3O4. The third-order valence-corrected chi connectivity index (χ3v) is 4.21. The van der Waals surface area contributed by atoms with E-state index >= 15 is 0 Å². The topological polar surface area (TPSA) is 104 Å². The van der Waals surface area contributed by atoms with Crippen molar-refractivity contribution in [2.75, 3.05) is 11.9 Å². The van der Waals surface area contributed by atoms with Crippen molar-refractivity contribution in [3.05, 3.63) is 40.1 Å². The summed E-state index contributed by atoms with van der Waals surface area (Å²) in [4.78, 5) is 22.7. The van der Waals surface area contributed by atoms with E-state index in [0.717, 1.165) is 18.5 Å². The number of nitrogens with zero attached hydrogens (tertiary/aromatic N) is 1. The highest BCUT2D eigenvalue weighted by Crippen LogP contribution is 2.42. The van der Waals surface area contributed by atoms with Crippen LogP contribution in [0.25, 0.3) is 0 Å². The second-order valence-corrected chi connectivity index (χ2v) is 6.03. The highest BCUT2D eigenvalue weighted by Gasteiger charge is 2.30. The Morgan fingerprint density at radius 3 is 2.65 bits per heavy atom. The zero-order valence-electron chi connectivity index (χ0n) is 12.0. The van der Waals surface area contributed by atoms with Crippen LogP contribution in [0, 0.1) is 0 Å². The fourth-order valence-electron chi connectivity index (χ4n) is 2.10. The molecule has 0 bridgehead atoms. The van der Waals surface area contributed by atoms with Crippen LogP contribution in [0.15, 0.2) is 28.7 Å². The molecule has 0 aliphatic heterocycles. The van der Waals surface area contributed by atoms with Crippen molar-refractivity contribution in [1.29, 1.82) is 0 Å². The molecule has 7 nitrogen and oxygen atoms in total. The number of aromatic nitrogens is 2. The SMILES string of the molecule is O=C(O)COc1ccc(NC(=O)c2n[nH]c(C3CC3)c2Br)cc1. The van der Waals surface area contributed by atoms with Crippen molar-refractivity contribution in [2.45, 2.75) is 18.8 Å². The molecule has 1 aliphatic carbocycles. The van der Waals surface area contributed by atoms with Gasteiger partial charge >= 0.3 is 5.97 Å². The Balaban J connectivity index is 1.64. The number of carbonyl (C=O) groups excluding carboxylic acids is 1. The Bertz CT molecular complexity index is 738. The standard InChI is InChI=1S/C15H14BrN3O4/c16-12-13(8-1-2-8)18-19-14(12)15(22)17-9-3-5-10(6-4-9)23-7-11(20)21/h3-6,8H,1-2,7H2,(H,17,22)(H,18,19)(H,20,21). The van der Waals surface area contributed by atoms with Crippen molar-refractivity contribution in [2.24, 2.45) is 0 Å². The van der Waals surface area contributed by atoms with E-state index in [1.807, 2.05) is 0 Å². The summed E-state index contributed by atoms with van der Waals surface area (Å²) in [6.07, 6.45) is 2.22. The zero-order chi connectivity index (χ0) is 16.4. The maximum atomic E-state index is 12.3. The highest BCUT2D eigenvalue weighted by molar-refractivity contribution is 9.10. The normalized spacial score (nSPS) is 13.6. The highest BCUT2D eigenvalue weighted by atomic mass is 79.9. The number of halogens is 1. The molecule has 23 heavy (non-hydrogen) atoms. The van der Waals surface area contributed by atoms with Gasteiger partial charge in [0.25, 0.3) is 5.91 Å². The zero-order valence-corrected chi connectivity index (χ0v) is 13.6. The van der Waals surface area contributed by atoms with Crippen molar-refractivity contribution < 1.29 is 19.4 Å². The number of aromatic amines is 1. The predicted molar refractivity (Wildman–Crippen MR) is 85.8 cm³/mol. The summed E-state index contributed by atoms with van der Waals surface area (Å²) >= 11 is 3.42. The second kappa shape index (κ2) is 6.41. The average Bonchev–Trinajstić information content (AvgIpc) is 3.29. The number of H-pyrrole nitrogens is 1. The van der Waals surface area contributed by atoms with E-state index in [9.17, 15) is 9.59 Å². The van der Waals surface area contributed by atoms with Gasteiger partial charge in [-0.25, -0.2) is 4.79 Å². The van der Waals surface area contributed by atoms with E-state index in [1.165, 1.54) is 0 Å². The minimum atomic E-state index is -1.04. The average molecular weight is 380 g/mol. The quantitative estimate of drug-likeness (QED) is 0.715. The van der Waals surface area contributed by atoms with Crippen LogP contribution in [0.1, 0.15) is 34.9 Å². The van der Waals surface area contributed by atoms with E-state index in [1.54, 1.807) is 24.3 Å². The van der Waals surface area contributed by atoms with Crippen LogP contribution in [-0.4, -0.2) is 33.8 Å². The first kappa shape index (κ1) is 15.5. The number of anilines is 1. The van der Waals surface area contributed by atoms with Crippen LogP contribution in [0.3, 0.4) is 0 Å². The molecule has 0 radical (unpaired) electrons. The fourth-order valence-corrected chi connectivity index (χ4v) is 2.79. The third kappa shape index (κ3) is 3.70. The Morgan fingerprint density at radius 2 is 2.04 bits per heavy atom. The van der Waals surface area contributed by atoms with Crippen molar-refractivity contribution in [3.8, 4) is 5.75 Å². The van der Waals surface area contributed by atoms with E-state index in [0.29, 0.717) is 27.5 Å². The number of aliphatic carboxylic acids is 1. The lowest BCUT2D eigenvalue weighted by Gasteiger charge is -2.06. The van der Waals surface area contributed by atoms with Gasteiger partial charge in [-0.05, 0) is 53.0 Å². The minimum absolute atomic E-state index is 0.318. The molecule has 1 amide bonds. The lowest BCUT2D eigenvalue weighted by Crippen LogP contribution is -2.13. The van der Waals surface area contributed by atoms with Gasteiger partial charge in [-0.1, -0.05) is 0 Å². The maximum Gasteiger partial charge on any atom is 0.341 e. The van der Waals surface area contributed by atoms with Crippen molar-refractivity contribution in [1.82, 2.24) is 10.2 Å². The second-order valence-electron chi connectivity index (χ2n) is 5.24. The monoisotopic (exact) mass is 379 g/mol. The summed E-state index contributed by atoms with van der Waals surface area (Å²) in [6, 6.07) is 6.45. The number of rotatable bonds is 6. The third-order valence-electron chi connectivity index (χ3n) is 3.41. The molecule has 0 saturated heterocycles. The molecule has 3 N–H and O–H groups in total. The lowest BCUT2D eigenvalue weighted by molar-refractivity contribution is -0.139. The first-order valence-electron chi connectivity index (χ1n) is 7.04. The van der Waals surface area contributed by atoms with Gasteiger partial charge in [-0.3, -0.25) is 9.89 Å². The fraction of sp³-hybridized carbons (Fsp3) is 0.267. The molecule has 1 aromatic carbocycles. The van der Waals surface area contributed by atoms with Crippen LogP contribution in [0.5, 0.6) is 5.75 Å². The summed E-state index contributed by atoms with van der Waals surface area (Å²) in [5, 5.41) is 18.3.